The van der Waals surface area contributed by atoms with Crippen LogP contribution in [0.1, 0.15) is 44.9 Å². The zero-order valence-electron chi connectivity index (χ0n) is 14.0. The third-order valence-electron chi connectivity index (χ3n) is 3.61. The molecular formula is C16H25ClN2O3S. The minimum absolute atomic E-state index is 0.206. The summed E-state index contributed by atoms with van der Waals surface area (Å²) in [7, 11) is 0. The van der Waals surface area contributed by atoms with Crippen LogP contribution in [-0.2, 0) is 16.1 Å². The number of hydrogen-bond acceptors (Lipinski definition) is 5. The molecule has 0 saturated carbocycles. The SMILES string of the molecule is CC(C)(C)OC(=O)N1CCC[C@@H](CCOCc2cnc(Cl)s2)C1. The number of carbonyl (C=O) groups is 1. The van der Waals surface area contributed by atoms with E-state index < -0.39 is 5.60 Å². The Hall–Kier alpha value is -0.850. The lowest BCUT2D eigenvalue weighted by molar-refractivity contribution is 0.0136. The number of amides is 1. The van der Waals surface area contributed by atoms with Crippen LogP contribution in [-0.4, -0.2) is 41.3 Å². The molecule has 5 nitrogen and oxygen atoms in total. The van der Waals surface area contributed by atoms with Gasteiger partial charge in [0.25, 0.3) is 0 Å². The number of ether oxygens (including phenoxy) is 2. The summed E-state index contributed by atoms with van der Waals surface area (Å²) in [5, 5.41) is 0. The molecule has 1 aromatic heterocycles. The number of thiazole rings is 1. The lowest BCUT2D eigenvalue weighted by atomic mass is 9.95. The van der Waals surface area contributed by atoms with E-state index in [0.29, 0.717) is 23.6 Å². The summed E-state index contributed by atoms with van der Waals surface area (Å²) in [5.74, 6) is 0.473. The second-order valence-electron chi connectivity index (χ2n) is 6.86. The van der Waals surface area contributed by atoms with E-state index in [4.69, 9.17) is 21.1 Å². The van der Waals surface area contributed by atoms with Crippen molar-refractivity contribution < 1.29 is 14.3 Å². The first-order valence-electron chi connectivity index (χ1n) is 7.99. The van der Waals surface area contributed by atoms with Gasteiger partial charge in [-0.05, 0) is 46.0 Å². The van der Waals surface area contributed by atoms with Gasteiger partial charge in [-0.3, -0.25) is 0 Å². The molecule has 1 amide bonds. The number of halogens is 1. The Kier molecular flexibility index (Phi) is 6.68. The van der Waals surface area contributed by atoms with Gasteiger partial charge >= 0.3 is 6.09 Å². The molecule has 1 aromatic rings. The molecule has 1 saturated heterocycles. The minimum atomic E-state index is -0.441. The molecule has 0 unspecified atom stereocenters. The Morgan fingerprint density at radius 2 is 2.30 bits per heavy atom. The van der Waals surface area contributed by atoms with Crippen LogP contribution in [0.4, 0.5) is 4.79 Å². The predicted molar refractivity (Wildman–Crippen MR) is 91.9 cm³/mol. The fourth-order valence-electron chi connectivity index (χ4n) is 2.57. The van der Waals surface area contributed by atoms with E-state index in [1.54, 1.807) is 6.20 Å². The van der Waals surface area contributed by atoms with Crippen LogP contribution in [0, 0.1) is 5.92 Å². The molecule has 2 rings (SSSR count). The number of carbonyl (C=O) groups excluding carboxylic acids is 1. The third-order valence-corrected chi connectivity index (χ3v) is 4.70. The second-order valence-corrected chi connectivity index (χ2v) is 8.55. The van der Waals surface area contributed by atoms with Crippen molar-refractivity contribution in [1.29, 1.82) is 0 Å². The van der Waals surface area contributed by atoms with Gasteiger partial charge in [-0.15, -0.1) is 11.3 Å². The smallest absolute Gasteiger partial charge is 0.410 e. The molecular weight excluding hydrogens is 336 g/mol. The van der Waals surface area contributed by atoms with Crippen molar-refractivity contribution in [3.8, 4) is 0 Å². The molecule has 0 aliphatic carbocycles. The van der Waals surface area contributed by atoms with Crippen molar-refractivity contribution in [2.75, 3.05) is 19.7 Å². The van der Waals surface area contributed by atoms with Gasteiger partial charge in [0.2, 0.25) is 0 Å². The van der Waals surface area contributed by atoms with E-state index in [9.17, 15) is 4.79 Å². The standard InChI is InChI=1S/C16H25ClN2O3S/c1-16(2,3)22-15(20)19-7-4-5-12(10-19)6-8-21-11-13-9-18-14(17)23-13/h9,12H,4-8,10-11H2,1-3H3/t12-/m0/s1. The molecule has 1 aliphatic heterocycles. The summed E-state index contributed by atoms with van der Waals surface area (Å²) in [6, 6.07) is 0. The summed E-state index contributed by atoms with van der Waals surface area (Å²) in [6.07, 6.45) is 4.65. The van der Waals surface area contributed by atoms with Crippen molar-refractivity contribution >= 4 is 29.0 Å². The molecule has 0 N–H and O–H groups in total. The molecule has 0 aromatic carbocycles. The van der Waals surface area contributed by atoms with Gasteiger partial charge in [0.1, 0.15) is 5.60 Å². The summed E-state index contributed by atoms with van der Waals surface area (Å²) in [5.41, 5.74) is -0.441. The Morgan fingerprint density at radius 3 is 2.96 bits per heavy atom. The molecule has 2 heterocycles. The van der Waals surface area contributed by atoms with Crippen molar-refractivity contribution in [2.24, 2.45) is 5.92 Å². The molecule has 0 spiro atoms. The quantitative estimate of drug-likeness (QED) is 0.732. The van der Waals surface area contributed by atoms with Crippen molar-refractivity contribution in [1.82, 2.24) is 9.88 Å². The normalized spacial score (nSPS) is 19.0. The van der Waals surface area contributed by atoms with Gasteiger partial charge in [0.05, 0.1) is 11.5 Å². The summed E-state index contributed by atoms with van der Waals surface area (Å²) >= 11 is 7.23. The molecule has 1 fully saturated rings. The molecule has 23 heavy (non-hydrogen) atoms. The van der Waals surface area contributed by atoms with E-state index in [1.165, 1.54) is 11.3 Å². The topological polar surface area (TPSA) is 51.7 Å². The Morgan fingerprint density at radius 1 is 1.52 bits per heavy atom. The average Bonchev–Trinajstić information content (AvgIpc) is 2.88. The number of likely N-dealkylation sites (tertiary alicyclic amines) is 1. The van der Waals surface area contributed by atoms with Crippen LogP contribution in [0.15, 0.2) is 6.20 Å². The summed E-state index contributed by atoms with van der Waals surface area (Å²) < 4.78 is 11.7. The fraction of sp³-hybridized carbons (Fsp3) is 0.750. The van der Waals surface area contributed by atoms with E-state index >= 15 is 0 Å². The highest BCUT2D eigenvalue weighted by molar-refractivity contribution is 7.15. The molecule has 0 bridgehead atoms. The van der Waals surface area contributed by atoms with Crippen LogP contribution in [0.5, 0.6) is 0 Å². The molecule has 7 heteroatoms. The lowest BCUT2D eigenvalue weighted by Gasteiger charge is -2.34. The highest BCUT2D eigenvalue weighted by atomic mass is 35.5. The number of piperidine rings is 1. The molecule has 1 aliphatic rings. The van der Waals surface area contributed by atoms with Crippen molar-refractivity contribution in [3.63, 3.8) is 0 Å². The first-order chi connectivity index (χ1) is 10.8. The number of rotatable bonds is 5. The average molecular weight is 361 g/mol. The van der Waals surface area contributed by atoms with Crippen LogP contribution < -0.4 is 0 Å². The zero-order chi connectivity index (χ0) is 16.9. The minimum Gasteiger partial charge on any atom is -0.444 e. The van der Waals surface area contributed by atoms with Gasteiger partial charge in [0.15, 0.2) is 4.47 Å². The summed E-state index contributed by atoms with van der Waals surface area (Å²) in [6.45, 7) is 8.45. The largest absolute Gasteiger partial charge is 0.444 e. The van der Waals surface area contributed by atoms with E-state index in [2.05, 4.69) is 4.98 Å². The Bertz CT molecular complexity index is 516. The summed E-state index contributed by atoms with van der Waals surface area (Å²) in [4.78, 5) is 19.0. The van der Waals surface area contributed by atoms with Gasteiger partial charge in [-0.2, -0.15) is 0 Å². The Labute approximate surface area is 146 Å². The zero-order valence-corrected chi connectivity index (χ0v) is 15.6. The maximum Gasteiger partial charge on any atom is 0.410 e. The number of aromatic nitrogens is 1. The number of hydrogen-bond donors (Lipinski definition) is 0. The number of nitrogens with zero attached hydrogens (tertiary/aromatic N) is 2. The first-order valence-corrected chi connectivity index (χ1v) is 9.19. The second kappa shape index (κ2) is 8.31. The van der Waals surface area contributed by atoms with E-state index in [0.717, 1.165) is 37.2 Å². The predicted octanol–water partition coefficient (Wildman–Crippen LogP) is 4.35. The van der Waals surface area contributed by atoms with Crippen LogP contribution in [0.2, 0.25) is 4.47 Å². The monoisotopic (exact) mass is 360 g/mol. The van der Waals surface area contributed by atoms with Gasteiger partial charge in [0, 0.05) is 25.9 Å². The van der Waals surface area contributed by atoms with Crippen molar-refractivity contribution in [3.05, 3.63) is 15.5 Å². The van der Waals surface area contributed by atoms with Crippen LogP contribution in [0.25, 0.3) is 0 Å². The highest BCUT2D eigenvalue weighted by Gasteiger charge is 2.27. The maximum absolute atomic E-state index is 12.1. The highest BCUT2D eigenvalue weighted by Crippen LogP contribution is 2.22. The fourth-order valence-corrected chi connectivity index (χ4v) is 3.48. The van der Waals surface area contributed by atoms with E-state index in [-0.39, 0.29) is 6.09 Å². The van der Waals surface area contributed by atoms with Crippen molar-refractivity contribution in [2.45, 2.75) is 52.2 Å². The molecule has 1 atom stereocenters. The van der Waals surface area contributed by atoms with E-state index in [1.807, 2.05) is 25.7 Å². The molecule has 130 valence electrons. The van der Waals surface area contributed by atoms with Crippen LogP contribution in [0.3, 0.4) is 0 Å². The molecule has 0 radical (unpaired) electrons. The maximum atomic E-state index is 12.1. The lowest BCUT2D eigenvalue weighted by Crippen LogP contribution is -2.43. The Balaban J connectivity index is 1.68. The van der Waals surface area contributed by atoms with Gasteiger partial charge in [-0.1, -0.05) is 11.6 Å². The first kappa shape index (κ1) is 18.5. The van der Waals surface area contributed by atoms with Gasteiger partial charge < -0.3 is 14.4 Å². The third kappa shape index (κ3) is 6.65. The van der Waals surface area contributed by atoms with Gasteiger partial charge in [-0.25, -0.2) is 9.78 Å². The van der Waals surface area contributed by atoms with Crippen LogP contribution >= 0.6 is 22.9 Å².